The molecule has 10 heteroatoms. The summed E-state index contributed by atoms with van der Waals surface area (Å²) in [6, 6.07) is 26.6. The van der Waals surface area contributed by atoms with Crippen LogP contribution in [0.5, 0.6) is 0 Å². The highest BCUT2D eigenvalue weighted by molar-refractivity contribution is 7.92. The summed E-state index contributed by atoms with van der Waals surface area (Å²) in [6.45, 7) is 7.74. The molecule has 0 aromatic heterocycles. The topological polar surface area (TPSA) is 86.8 Å². The van der Waals surface area contributed by atoms with Crippen molar-refractivity contribution in [2.24, 2.45) is 5.92 Å². The van der Waals surface area contributed by atoms with Gasteiger partial charge >= 0.3 is 0 Å². The van der Waals surface area contributed by atoms with E-state index in [1.165, 1.54) is 29.2 Å². The lowest BCUT2D eigenvalue weighted by Gasteiger charge is -2.34. The third-order valence-corrected chi connectivity index (χ3v) is 9.97. The summed E-state index contributed by atoms with van der Waals surface area (Å²) in [5, 5.41) is 3.92. The monoisotopic (exact) mass is 679 g/mol. The van der Waals surface area contributed by atoms with Crippen LogP contribution in [0, 0.1) is 19.8 Å². The van der Waals surface area contributed by atoms with Crippen LogP contribution in [0.2, 0.25) is 10.0 Å². The Hall–Kier alpha value is -3.85. The van der Waals surface area contributed by atoms with Crippen LogP contribution in [-0.2, 0) is 32.6 Å². The zero-order valence-corrected chi connectivity index (χ0v) is 28.7. The molecule has 0 aliphatic heterocycles. The van der Waals surface area contributed by atoms with E-state index in [0.29, 0.717) is 22.3 Å². The highest BCUT2D eigenvalue weighted by Crippen LogP contribution is 2.28. The molecule has 0 aliphatic rings. The number of nitrogens with zero attached hydrogens (tertiary/aromatic N) is 2. The normalized spacial score (nSPS) is 12.1. The number of rotatable bonds is 13. The molecule has 4 rings (SSSR count). The fraction of sp³-hybridized carbons (Fsp3) is 0.278. The zero-order valence-electron chi connectivity index (χ0n) is 26.4. The Kier molecular flexibility index (Phi) is 11.9. The van der Waals surface area contributed by atoms with Gasteiger partial charge in [-0.3, -0.25) is 13.9 Å². The molecule has 4 aromatic rings. The Morgan fingerprint density at radius 3 is 1.98 bits per heavy atom. The highest BCUT2D eigenvalue weighted by Gasteiger charge is 2.34. The van der Waals surface area contributed by atoms with Crippen LogP contribution in [0.1, 0.15) is 36.1 Å². The highest BCUT2D eigenvalue weighted by atomic mass is 35.5. The number of aryl methyl sites for hydroxylation is 2. The van der Waals surface area contributed by atoms with Crippen LogP contribution in [0.4, 0.5) is 5.69 Å². The standard InChI is InChI=1S/C36H39Cl2N3O4S/c1-25(2)22-39-36(43)34(21-28-8-6-5-7-9-28)40(23-29-11-13-30(37)14-12-29)35(42)24-41(32-17-10-26(3)27(4)20-32)46(44,45)33-18-15-31(38)16-19-33/h5-20,25,34H,21-24H2,1-4H3,(H,39,43). The summed E-state index contributed by atoms with van der Waals surface area (Å²) in [7, 11) is -4.22. The minimum atomic E-state index is -4.22. The molecule has 4 aromatic carbocycles. The number of sulfonamides is 1. The van der Waals surface area contributed by atoms with Crippen LogP contribution in [0.3, 0.4) is 0 Å². The van der Waals surface area contributed by atoms with Crippen molar-refractivity contribution in [3.63, 3.8) is 0 Å². The number of carbonyl (C=O) groups excluding carboxylic acids is 2. The van der Waals surface area contributed by atoms with Gasteiger partial charge in [-0.25, -0.2) is 8.42 Å². The second-order valence-corrected chi connectivity index (χ2v) is 14.5. The minimum Gasteiger partial charge on any atom is -0.354 e. The Balaban J connectivity index is 1.81. The third kappa shape index (κ3) is 9.12. The van der Waals surface area contributed by atoms with E-state index in [2.05, 4.69) is 5.32 Å². The second kappa shape index (κ2) is 15.6. The van der Waals surface area contributed by atoms with Crippen molar-refractivity contribution >= 4 is 50.7 Å². The van der Waals surface area contributed by atoms with E-state index in [1.54, 1.807) is 36.4 Å². The van der Waals surface area contributed by atoms with Crippen molar-refractivity contribution in [3.05, 3.63) is 129 Å². The van der Waals surface area contributed by atoms with Crippen LogP contribution in [0.25, 0.3) is 0 Å². The Labute approximate surface area is 282 Å². The first-order valence-electron chi connectivity index (χ1n) is 15.1. The molecular formula is C36H39Cl2N3O4S. The van der Waals surface area contributed by atoms with Gasteiger partial charge in [-0.05, 0) is 90.6 Å². The average Bonchev–Trinajstić information content (AvgIpc) is 3.03. The SMILES string of the molecule is Cc1ccc(N(CC(=O)N(Cc2ccc(Cl)cc2)C(Cc2ccccc2)C(=O)NCC(C)C)S(=O)(=O)c2ccc(Cl)cc2)cc1C. The van der Waals surface area contributed by atoms with Crippen LogP contribution >= 0.6 is 23.2 Å². The van der Waals surface area contributed by atoms with E-state index in [1.807, 2.05) is 64.1 Å². The van der Waals surface area contributed by atoms with E-state index in [4.69, 9.17) is 23.2 Å². The molecule has 242 valence electrons. The average molecular weight is 681 g/mol. The predicted molar refractivity (Wildman–Crippen MR) is 186 cm³/mol. The van der Waals surface area contributed by atoms with Gasteiger partial charge in [-0.2, -0.15) is 0 Å². The van der Waals surface area contributed by atoms with Gasteiger partial charge in [0.2, 0.25) is 11.8 Å². The molecule has 0 saturated carbocycles. The first kappa shape index (κ1) is 35.0. The van der Waals surface area contributed by atoms with Gasteiger partial charge in [0.25, 0.3) is 10.0 Å². The van der Waals surface area contributed by atoms with Crippen molar-refractivity contribution < 1.29 is 18.0 Å². The van der Waals surface area contributed by atoms with Gasteiger partial charge in [0.15, 0.2) is 0 Å². The van der Waals surface area contributed by atoms with Gasteiger partial charge in [0, 0.05) is 29.6 Å². The third-order valence-electron chi connectivity index (χ3n) is 7.68. The Morgan fingerprint density at radius 1 is 0.783 bits per heavy atom. The van der Waals surface area contributed by atoms with Crippen molar-refractivity contribution in [2.45, 2.75) is 51.6 Å². The molecule has 2 amide bonds. The van der Waals surface area contributed by atoms with Gasteiger partial charge in [0.05, 0.1) is 10.6 Å². The summed E-state index contributed by atoms with van der Waals surface area (Å²) >= 11 is 12.2. The molecule has 7 nitrogen and oxygen atoms in total. The quantitative estimate of drug-likeness (QED) is 0.162. The summed E-state index contributed by atoms with van der Waals surface area (Å²) in [4.78, 5) is 29.9. The maximum Gasteiger partial charge on any atom is 0.264 e. The molecule has 0 heterocycles. The predicted octanol–water partition coefficient (Wildman–Crippen LogP) is 7.22. The largest absolute Gasteiger partial charge is 0.354 e. The van der Waals surface area contributed by atoms with Gasteiger partial charge in [0.1, 0.15) is 12.6 Å². The van der Waals surface area contributed by atoms with Crippen molar-refractivity contribution in [3.8, 4) is 0 Å². The number of amides is 2. The number of anilines is 1. The van der Waals surface area contributed by atoms with Crippen LogP contribution < -0.4 is 9.62 Å². The van der Waals surface area contributed by atoms with Crippen molar-refractivity contribution in [1.82, 2.24) is 10.2 Å². The number of nitrogens with one attached hydrogen (secondary N) is 1. The van der Waals surface area contributed by atoms with Crippen LogP contribution in [0.15, 0.2) is 102 Å². The second-order valence-electron chi connectivity index (χ2n) is 11.7. The molecule has 0 fully saturated rings. The molecule has 0 saturated heterocycles. The first-order valence-corrected chi connectivity index (χ1v) is 17.3. The number of carbonyl (C=O) groups is 2. The molecule has 1 N–H and O–H groups in total. The van der Waals surface area contributed by atoms with E-state index in [9.17, 15) is 18.0 Å². The van der Waals surface area contributed by atoms with Crippen molar-refractivity contribution in [1.29, 1.82) is 0 Å². The lowest BCUT2D eigenvalue weighted by atomic mass is 10.0. The molecule has 0 spiro atoms. The molecule has 0 radical (unpaired) electrons. The number of hydrogen-bond acceptors (Lipinski definition) is 4. The van der Waals surface area contributed by atoms with Crippen LogP contribution in [-0.4, -0.2) is 44.3 Å². The van der Waals surface area contributed by atoms with E-state index in [0.717, 1.165) is 26.6 Å². The fourth-order valence-electron chi connectivity index (χ4n) is 4.91. The summed E-state index contributed by atoms with van der Waals surface area (Å²) in [6.07, 6.45) is 0.234. The maximum absolute atomic E-state index is 14.5. The smallest absolute Gasteiger partial charge is 0.264 e. The fourth-order valence-corrected chi connectivity index (χ4v) is 6.56. The van der Waals surface area contributed by atoms with Gasteiger partial charge in [-0.15, -0.1) is 0 Å². The molecule has 1 unspecified atom stereocenters. The van der Waals surface area contributed by atoms with E-state index < -0.39 is 28.5 Å². The lowest BCUT2D eigenvalue weighted by Crippen LogP contribution is -2.53. The van der Waals surface area contributed by atoms with E-state index in [-0.39, 0.29) is 29.7 Å². The lowest BCUT2D eigenvalue weighted by molar-refractivity contribution is -0.140. The summed E-state index contributed by atoms with van der Waals surface area (Å²) in [5.41, 5.74) is 3.79. The molecular weight excluding hydrogens is 641 g/mol. The molecule has 46 heavy (non-hydrogen) atoms. The summed E-state index contributed by atoms with van der Waals surface area (Å²) in [5.74, 6) is -0.670. The number of halogens is 2. The van der Waals surface area contributed by atoms with Gasteiger partial charge < -0.3 is 10.2 Å². The zero-order chi connectivity index (χ0) is 33.4. The Bertz CT molecular complexity index is 1750. The van der Waals surface area contributed by atoms with Crippen molar-refractivity contribution in [2.75, 3.05) is 17.4 Å². The number of hydrogen-bond donors (Lipinski definition) is 1. The minimum absolute atomic E-state index is 0.0114. The van der Waals surface area contributed by atoms with Gasteiger partial charge in [-0.1, -0.05) is 85.6 Å². The first-order chi connectivity index (χ1) is 21.8. The maximum atomic E-state index is 14.5. The molecule has 0 bridgehead atoms. The summed E-state index contributed by atoms with van der Waals surface area (Å²) < 4.78 is 29.5. The number of benzene rings is 4. The Morgan fingerprint density at radius 2 is 1.39 bits per heavy atom. The molecule has 0 aliphatic carbocycles. The van der Waals surface area contributed by atoms with E-state index >= 15 is 0 Å². The molecule has 1 atom stereocenters.